The van der Waals surface area contributed by atoms with Crippen molar-refractivity contribution in [2.75, 3.05) is 28.8 Å². The number of carbonyl (C=O) groups excluding carboxylic acids is 4. The van der Waals surface area contributed by atoms with Crippen LogP contribution >= 0.6 is 11.6 Å². The molecule has 1 heterocycles. The second-order valence-electron chi connectivity index (χ2n) is 8.23. The maximum atomic E-state index is 13.2. The number of nitrogens with one attached hydrogen (secondary N) is 1. The summed E-state index contributed by atoms with van der Waals surface area (Å²) in [6, 6.07) is 21.7. The number of ether oxygens (including phenoxy) is 1. The Morgan fingerprint density at radius 3 is 2.35 bits per heavy atom. The summed E-state index contributed by atoms with van der Waals surface area (Å²) < 4.78 is 5.14. The number of nitrogens with zero attached hydrogens (tertiary/aromatic N) is 2. The SMILES string of the molecule is CCCOC(=O)c1cccc(N2C(=O)C(Cl)=C(Nc3cccc(C(=O)N(C)c4ccccc4)c3)C2=O)c1. The molecule has 0 bridgehead atoms. The summed E-state index contributed by atoms with van der Waals surface area (Å²) in [5.41, 5.74) is 1.76. The van der Waals surface area contributed by atoms with Gasteiger partial charge in [-0.15, -0.1) is 0 Å². The highest BCUT2D eigenvalue weighted by atomic mass is 35.5. The fourth-order valence-electron chi connectivity index (χ4n) is 3.73. The van der Waals surface area contributed by atoms with Crippen LogP contribution in [-0.4, -0.2) is 37.3 Å². The average Bonchev–Trinajstić information content (AvgIpc) is 3.14. The van der Waals surface area contributed by atoms with Gasteiger partial charge in [0.05, 0.1) is 17.9 Å². The van der Waals surface area contributed by atoms with Crippen LogP contribution in [0.25, 0.3) is 0 Å². The molecule has 0 aromatic heterocycles. The highest BCUT2D eigenvalue weighted by Crippen LogP contribution is 2.31. The highest BCUT2D eigenvalue weighted by Gasteiger charge is 2.39. The Morgan fingerprint density at radius 1 is 0.919 bits per heavy atom. The van der Waals surface area contributed by atoms with Gasteiger partial charge >= 0.3 is 5.97 Å². The molecule has 0 saturated carbocycles. The Morgan fingerprint density at radius 2 is 1.62 bits per heavy atom. The van der Waals surface area contributed by atoms with Gasteiger partial charge in [-0.05, 0) is 55.0 Å². The Kier molecular flexibility index (Phi) is 7.69. The molecule has 1 N–H and O–H groups in total. The molecule has 1 aliphatic rings. The summed E-state index contributed by atoms with van der Waals surface area (Å²) in [5.74, 6) is -2.23. The predicted octanol–water partition coefficient (Wildman–Crippen LogP) is 4.97. The van der Waals surface area contributed by atoms with Crippen LogP contribution in [0.5, 0.6) is 0 Å². The first-order chi connectivity index (χ1) is 17.8. The van der Waals surface area contributed by atoms with E-state index in [9.17, 15) is 19.2 Å². The molecule has 9 heteroatoms. The van der Waals surface area contributed by atoms with E-state index in [0.717, 1.165) is 10.6 Å². The third-order valence-corrected chi connectivity index (χ3v) is 5.98. The molecule has 0 spiro atoms. The Bertz CT molecular complexity index is 1400. The molecule has 0 aliphatic carbocycles. The van der Waals surface area contributed by atoms with Gasteiger partial charge in [0.25, 0.3) is 17.7 Å². The molecule has 3 aromatic rings. The number of rotatable bonds is 8. The van der Waals surface area contributed by atoms with Crippen LogP contribution in [0.3, 0.4) is 0 Å². The van der Waals surface area contributed by atoms with E-state index in [4.69, 9.17) is 16.3 Å². The van der Waals surface area contributed by atoms with Crippen molar-refractivity contribution in [2.24, 2.45) is 0 Å². The molecule has 37 heavy (non-hydrogen) atoms. The van der Waals surface area contributed by atoms with Gasteiger partial charge in [0.2, 0.25) is 0 Å². The number of carbonyl (C=O) groups is 4. The van der Waals surface area contributed by atoms with Gasteiger partial charge < -0.3 is 15.0 Å². The largest absolute Gasteiger partial charge is 0.462 e. The molecule has 0 unspecified atom stereocenters. The van der Waals surface area contributed by atoms with Gasteiger partial charge in [0.1, 0.15) is 10.7 Å². The number of esters is 1. The monoisotopic (exact) mass is 517 g/mol. The molecule has 1 aliphatic heterocycles. The van der Waals surface area contributed by atoms with Gasteiger partial charge in [-0.2, -0.15) is 0 Å². The number of para-hydroxylation sites is 1. The van der Waals surface area contributed by atoms with Crippen LogP contribution in [-0.2, 0) is 14.3 Å². The number of benzene rings is 3. The summed E-state index contributed by atoms with van der Waals surface area (Å²) in [7, 11) is 1.67. The number of hydrogen-bond acceptors (Lipinski definition) is 6. The molecule has 8 nitrogen and oxygen atoms in total. The smallest absolute Gasteiger partial charge is 0.338 e. The first-order valence-corrected chi connectivity index (χ1v) is 12.0. The van der Waals surface area contributed by atoms with Crippen LogP contribution in [0.1, 0.15) is 34.1 Å². The minimum Gasteiger partial charge on any atom is -0.462 e. The molecule has 0 radical (unpaired) electrons. The molecule has 0 fully saturated rings. The van der Waals surface area contributed by atoms with E-state index in [1.165, 1.54) is 23.1 Å². The minimum atomic E-state index is -0.732. The van der Waals surface area contributed by atoms with Gasteiger partial charge in [-0.3, -0.25) is 14.4 Å². The molecular formula is C28H24ClN3O5. The van der Waals surface area contributed by atoms with Crippen LogP contribution in [0.15, 0.2) is 89.6 Å². The van der Waals surface area contributed by atoms with Crippen LogP contribution in [0.2, 0.25) is 0 Å². The second kappa shape index (κ2) is 11.1. The number of hydrogen-bond donors (Lipinski definition) is 1. The molecule has 0 atom stereocenters. The zero-order chi connectivity index (χ0) is 26.5. The van der Waals surface area contributed by atoms with Crippen molar-refractivity contribution in [1.29, 1.82) is 0 Å². The van der Waals surface area contributed by atoms with Crippen LogP contribution < -0.4 is 15.1 Å². The number of anilines is 3. The van der Waals surface area contributed by atoms with E-state index in [1.54, 1.807) is 37.4 Å². The zero-order valence-electron chi connectivity index (χ0n) is 20.2. The Labute approximate surface area is 219 Å². The van der Waals surface area contributed by atoms with Gasteiger partial charge in [-0.25, -0.2) is 9.69 Å². The van der Waals surface area contributed by atoms with E-state index in [2.05, 4.69) is 5.32 Å². The number of imide groups is 1. The highest BCUT2D eigenvalue weighted by molar-refractivity contribution is 6.53. The number of halogens is 1. The average molecular weight is 518 g/mol. The topological polar surface area (TPSA) is 96.0 Å². The third-order valence-electron chi connectivity index (χ3n) is 5.63. The van der Waals surface area contributed by atoms with Gasteiger partial charge in [0.15, 0.2) is 0 Å². The quantitative estimate of drug-likeness (QED) is 0.335. The lowest BCUT2D eigenvalue weighted by Gasteiger charge is -2.18. The Hall–Kier alpha value is -4.43. The molecule has 4 rings (SSSR count). The first kappa shape index (κ1) is 25.7. The van der Waals surface area contributed by atoms with E-state index in [-0.39, 0.29) is 34.5 Å². The summed E-state index contributed by atoms with van der Waals surface area (Å²) >= 11 is 6.26. The standard InChI is InChI=1S/C28H24ClN3O5/c1-3-15-37-28(36)19-10-8-14-22(17-19)32-26(34)23(29)24(27(32)35)30-20-11-7-9-18(16-20)25(33)31(2)21-12-5-4-6-13-21/h4-14,16-17,30H,3,15H2,1-2H3. The summed E-state index contributed by atoms with van der Waals surface area (Å²) in [4.78, 5) is 53.7. The van der Waals surface area contributed by atoms with Crippen molar-refractivity contribution in [2.45, 2.75) is 13.3 Å². The normalized spacial score (nSPS) is 13.1. The summed E-state index contributed by atoms with van der Waals surface area (Å²) in [5, 5.41) is 2.58. The third kappa shape index (κ3) is 5.39. The zero-order valence-corrected chi connectivity index (χ0v) is 21.0. The lowest BCUT2D eigenvalue weighted by atomic mass is 10.1. The molecular weight excluding hydrogens is 494 g/mol. The van der Waals surface area contributed by atoms with Gasteiger partial charge in [-0.1, -0.05) is 48.9 Å². The molecule has 3 aromatic carbocycles. The van der Waals surface area contributed by atoms with Gasteiger partial charge in [0, 0.05) is 24.0 Å². The fourth-order valence-corrected chi connectivity index (χ4v) is 3.95. The number of amides is 3. The van der Waals surface area contributed by atoms with Crippen molar-refractivity contribution in [1.82, 2.24) is 0 Å². The van der Waals surface area contributed by atoms with Crippen molar-refractivity contribution in [3.63, 3.8) is 0 Å². The maximum absolute atomic E-state index is 13.2. The lowest BCUT2D eigenvalue weighted by molar-refractivity contribution is -0.120. The fraction of sp³-hybridized carbons (Fsp3) is 0.143. The Balaban J connectivity index is 1.54. The van der Waals surface area contributed by atoms with E-state index in [0.29, 0.717) is 17.7 Å². The lowest BCUT2D eigenvalue weighted by Crippen LogP contribution is -2.32. The van der Waals surface area contributed by atoms with Crippen molar-refractivity contribution in [3.05, 3.63) is 101 Å². The second-order valence-corrected chi connectivity index (χ2v) is 8.60. The van der Waals surface area contributed by atoms with Crippen molar-refractivity contribution in [3.8, 4) is 0 Å². The minimum absolute atomic E-state index is 0.133. The van der Waals surface area contributed by atoms with Crippen LogP contribution in [0, 0.1) is 0 Å². The van der Waals surface area contributed by atoms with Crippen molar-refractivity contribution >= 4 is 52.4 Å². The summed E-state index contributed by atoms with van der Waals surface area (Å²) in [6.45, 7) is 2.13. The van der Waals surface area contributed by atoms with Crippen LogP contribution in [0.4, 0.5) is 17.1 Å². The maximum Gasteiger partial charge on any atom is 0.338 e. The summed E-state index contributed by atoms with van der Waals surface area (Å²) in [6.07, 6.45) is 0.665. The molecule has 0 saturated heterocycles. The molecule has 188 valence electrons. The van der Waals surface area contributed by atoms with Crippen molar-refractivity contribution < 1.29 is 23.9 Å². The van der Waals surface area contributed by atoms with E-state index in [1.807, 2.05) is 37.3 Å². The first-order valence-electron chi connectivity index (χ1n) is 11.6. The van der Waals surface area contributed by atoms with E-state index >= 15 is 0 Å². The molecule has 3 amide bonds. The predicted molar refractivity (Wildman–Crippen MR) is 142 cm³/mol. The van der Waals surface area contributed by atoms with E-state index < -0.39 is 17.8 Å².